The van der Waals surface area contributed by atoms with Crippen molar-refractivity contribution in [2.75, 3.05) is 12.3 Å². The van der Waals surface area contributed by atoms with E-state index in [0.717, 1.165) is 12.0 Å². The summed E-state index contributed by atoms with van der Waals surface area (Å²) < 4.78 is 1.64. The summed E-state index contributed by atoms with van der Waals surface area (Å²) in [7, 11) is 0. The smallest absolute Gasteiger partial charge is 0.273 e. The summed E-state index contributed by atoms with van der Waals surface area (Å²) in [5, 5.41) is 7.64. The molecule has 0 unspecified atom stereocenters. The minimum atomic E-state index is -0.247. The predicted molar refractivity (Wildman–Crippen MR) is 79.8 cm³/mol. The molecule has 0 spiro atoms. The molecule has 1 heterocycles. The van der Waals surface area contributed by atoms with E-state index in [9.17, 15) is 4.79 Å². The lowest BCUT2D eigenvalue weighted by molar-refractivity contribution is 0.0949. The van der Waals surface area contributed by atoms with Gasteiger partial charge in [-0.1, -0.05) is 23.7 Å². The Balaban J connectivity index is 1.88. The first kappa shape index (κ1) is 14.4. The second-order valence-corrected chi connectivity index (χ2v) is 4.86. The molecule has 0 aliphatic rings. The van der Waals surface area contributed by atoms with Crippen molar-refractivity contribution >= 4 is 23.2 Å². The van der Waals surface area contributed by atoms with Crippen LogP contribution in [0.2, 0.25) is 5.02 Å². The lowest BCUT2D eigenvalue weighted by Gasteiger charge is -2.04. The number of carbonyl (C=O) groups excluding carboxylic acids is 1. The van der Waals surface area contributed by atoms with E-state index >= 15 is 0 Å². The van der Waals surface area contributed by atoms with Crippen molar-refractivity contribution in [2.24, 2.45) is 0 Å². The van der Waals surface area contributed by atoms with Crippen molar-refractivity contribution in [3.05, 3.63) is 46.7 Å². The van der Waals surface area contributed by atoms with Crippen molar-refractivity contribution in [2.45, 2.75) is 19.9 Å². The van der Waals surface area contributed by atoms with Crippen LogP contribution in [0, 0.1) is 0 Å². The average molecular weight is 293 g/mol. The Morgan fingerprint density at radius 1 is 1.40 bits per heavy atom. The Bertz CT molecular complexity index is 592. The molecule has 2 aromatic rings. The summed E-state index contributed by atoms with van der Waals surface area (Å²) in [5.41, 5.74) is 7.55. The third-order valence-corrected chi connectivity index (χ3v) is 3.19. The van der Waals surface area contributed by atoms with Gasteiger partial charge in [0.25, 0.3) is 5.91 Å². The average Bonchev–Trinajstić information content (AvgIpc) is 2.82. The highest BCUT2D eigenvalue weighted by molar-refractivity contribution is 6.30. The molecule has 1 amide bonds. The fourth-order valence-corrected chi connectivity index (χ4v) is 1.96. The number of rotatable bonds is 5. The number of nitrogen functional groups attached to an aromatic ring is 1. The molecule has 6 heteroatoms. The van der Waals surface area contributed by atoms with E-state index in [1.165, 1.54) is 0 Å². The number of hydrogen-bond donors (Lipinski definition) is 2. The number of benzene rings is 1. The number of nitrogens with one attached hydrogen (secondary N) is 1. The zero-order valence-corrected chi connectivity index (χ0v) is 12.0. The summed E-state index contributed by atoms with van der Waals surface area (Å²) in [6, 6.07) is 7.54. The van der Waals surface area contributed by atoms with Gasteiger partial charge < -0.3 is 11.1 Å². The van der Waals surface area contributed by atoms with Crippen LogP contribution >= 0.6 is 11.6 Å². The molecule has 0 atom stereocenters. The van der Waals surface area contributed by atoms with Crippen molar-refractivity contribution in [1.29, 1.82) is 0 Å². The molecule has 0 fully saturated rings. The van der Waals surface area contributed by atoms with Gasteiger partial charge in [-0.15, -0.1) is 0 Å². The van der Waals surface area contributed by atoms with E-state index in [1.807, 2.05) is 31.2 Å². The number of halogens is 1. The van der Waals surface area contributed by atoms with Crippen molar-refractivity contribution in [3.8, 4) is 0 Å². The van der Waals surface area contributed by atoms with Gasteiger partial charge >= 0.3 is 0 Å². The molecule has 3 N–H and O–H groups in total. The van der Waals surface area contributed by atoms with E-state index in [2.05, 4.69) is 10.4 Å². The summed E-state index contributed by atoms with van der Waals surface area (Å²) in [6.07, 6.45) is 2.39. The molecule has 0 bridgehead atoms. The number of hydrogen-bond acceptors (Lipinski definition) is 3. The minimum Gasteiger partial charge on any atom is -0.396 e. The number of anilines is 1. The highest BCUT2D eigenvalue weighted by Gasteiger charge is 2.13. The van der Waals surface area contributed by atoms with Crippen LogP contribution in [0.4, 0.5) is 5.69 Å². The first-order valence-electron chi connectivity index (χ1n) is 6.45. The minimum absolute atomic E-state index is 0.247. The first-order chi connectivity index (χ1) is 9.60. The Labute approximate surface area is 122 Å². The predicted octanol–water partition coefficient (Wildman–Crippen LogP) is 2.11. The Hall–Kier alpha value is -2.01. The first-order valence-corrected chi connectivity index (χ1v) is 6.83. The molecule has 0 radical (unpaired) electrons. The lowest BCUT2D eigenvalue weighted by Crippen LogP contribution is -2.27. The van der Waals surface area contributed by atoms with Gasteiger partial charge in [-0.25, -0.2) is 0 Å². The number of aryl methyl sites for hydroxylation is 1. The zero-order chi connectivity index (χ0) is 14.5. The Morgan fingerprint density at radius 2 is 2.10 bits per heavy atom. The SMILES string of the molecule is CCn1cc(N)c(C(=O)NCCc2ccc(Cl)cc2)n1. The van der Waals surface area contributed by atoms with E-state index in [4.69, 9.17) is 17.3 Å². The summed E-state index contributed by atoms with van der Waals surface area (Å²) >= 11 is 5.82. The topological polar surface area (TPSA) is 72.9 Å². The summed E-state index contributed by atoms with van der Waals surface area (Å²) in [5.74, 6) is -0.247. The van der Waals surface area contributed by atoms with Crippen LogP contribution in [0.1, 0.15) is 23.0 Å². The van der Waals surface area contributed by atoms with Gasteiger partial charge in [-0.05, 0) is 31.0 Å². The maximum absolute atomic E-state index is 12.0. The second kappa shape index (κ2) is 6.43. The largest absolute Gasteiger partial charge is 0.396 e. The third-order valence-electron chi connectivity index (χ3n) is 2.94. The highest BCUT2D eigenvalue weighted by Crippen LogP contribution is 2.10. The standard InChI is InChI=1S/C14H17ClN4O/c1-2-19-9-12(16)13(18-19)14(20)17-8-7-10-3-5-11(15)6-4-10/h3-6,9H,2,7-8,16H2,1H3,(H,17,20). The highest BCUT2D eigenvalue weighted by atomic mass is 35.5. The maximum Gasteiger partial charge on any atom is 0.273 e. The van der Waals surface area contributed by atoms with E-state index in [-0.39, 0.29) is 11.6 Å². The van der Waals surface area contributed by atoms with Crippen LogP contribution in [0.25, 0.3) is 0 Å². The van der Waals surface area contributed by atoms with Crippen molar-refractivity contribution in [1.82, 2.24) is 15.1 Å². The molecule has 1 aromatic carbocycles. The molecule has 0 aliphatic heterocycles. The van der Waals surface area contributed by atoms with Gasteiger partial charge in [0, 0.05) is 24.3 Å². The van der Waals surface area contributed by atoms with Crippen LogP contribution in [0.3, 0.4) is 0 Å². The van der Waals surface area contributed by atoms with E-state index in [0.29, 0.717) is 23.8 Å². The van der Waals surface area contributed by atoms with Crippen LogP contribution in [0.5, 0.6) is 0 Å². The molecule has 2 rings (SSSR count). The molecule has 5 nitrogen and oxygen atoms in total. The van der Waals surface area contributed by atoms with Crippen LogP contribution < -0.4 is 11.1 Å². The zero-order valence-electron chi connectivity index (χ0n) is 11.3. The lowest BCUT2D eigenvalue weighted by atomic mass is 10.1. The Morgan fingerprint density at radius 3 is 2.70 bits per heavy atom. The molecule has 20 heavy (non-hydrogen) atoms. The fraction of sp³-hybridized carbons (Fsp3) is 0.286. The third kappa shape index (κ3) is 3.51. The summed E-state index contributed by atoms with van der Waals surface area (Å²) in [6.45, 7) is 3.15. The number of amides is 1. The molecular weight excluding hydrogens is 276 g/mol. The Kier molecular flexibility index (Phi) is 4.63. The number of nitrogens with zero attached hydrogens (tertiary/aromatic N) is 2. The maximum atomic E-state index is 12.0. The van der Waals surface area contributed by atoms with Crippen molar-refractivity contribution < 1.29 is 4.79 Å². The van der Waals surface area contributed by atoms with Gasteiger partial charge in [0.15, 0.2) is 5.69 Å². The van der Waals surface area contributed by atoms with Gasteiger partial charge in [0.2, 0.25) is 0 Å². The number of aromatic nitrogens is 2. The van der Waals surface area contributed by atoms with E-state index in [1.54, 1.807) is 10.9 Å². The monoisotopic (exact) mass is 292 g/mol. The number of nitrogens with two attached hydrogens (primary N) is 1. The normalized spacial score (nSPS) is 10.5. The molecule has 0 saturated heterocycles. The molecular formula is C14H17ClN4O. The second-order valence-electron chi connectivity index (χ2n) is 4.42. The number of carbonyl (C=O) groups is 1. The quantitative estimate of drug-likeness (QED) is 0.886. The van der Waals surface area contributed by atoms with Crippen LogP contribution in [0.15, 0.2) is 30.5 Å². The van der Waals surface area contributed by atoms with Crippen LogP contribution in [-0.4, -0.2) is 22.2 Å². The van der Waals surface area contributed by atoms with E-state index < -0.39 is 0 Å². The molecule has 106 valence electrons. The van der Waals surface area contributed by atoms with Gasteiger partial charge in [0.05, 0.1) is 5.69 Å². The van der Waals surface area contributed by atoms with Crippen LogP contribution in [-0.2, 0) is 13.0 Å². The summed E-state index contributed by atoms with van der Waals surface area (Å²) in [4.78, 5) is 12.0. The van der Waals surface area contributed by atoms with Gasteiger partial charge in [0.1, 0.15) is 0 Å². The molecule has 0 saturated carbocycles. The molecule has 1 aromatic heterocycles. The van der Waals surface area contributed by atoms with Gasteiger partial charge in [-0.2, -0.15) is 5.10 Å². The fourth-order valence-electron chi connectivity index (χ4n) is 1.83. The van der Waals surface area contributed by atoms with Crippen molar-refractivity contribution in [3.63, 3.8) is 0 Å². The molecule has 0 aliphatic carbocycles. The van der Waals surface area contributed by atoms with Gasteiger partial charge in [-0.3, -0.25) is 9.48 Å².